The molecule has 1 aromatic heterocycles. The summed E-state index contributed by atoms with van der Waals surface area (Å²) in [5, 5.41) is 2.84. The van der Waals surface area contributed by atoms with Crippen LogP contribution in [0.1, 0.15) is 40.9 Å². The quantitative estimate of drug-likeness (QED) is 0.738. The van der Waals surface area contributed by atoms with Gasteiger partial charge in [-0.3, -0.25) is 4.79 Å². The Bertz CT molecular complexity index is 855. The van der Waals surface area contributed by atoms with Crippen LogP contribution < -0.4 is 5.32 Å². The number of benzene rings is 1. The average molecular weight is 457 g/mol. The van der Waals surface area contributed by atoms with Crippen molar-refractivity contribution in [3.8, 4) is 0 Å². The lowest BCUT2D eigenvalue weighted by atomic mass is 10.2. The van der Waals surface area contributed by atoms with Crippen LogP contribution in [-0.2, 0) is 16.6 Å². The Hall–Kier alpha value is -1.22. The van der Waals surface area contributed by atoms with Crippen molar-refractivity contribution in [3.63, 3.8) is 0 Å². The first-order valence-electron chi connectivity index (χ1n) is 8.59. The molecule has 0 unspecified atom stereocenters. The molecule has 1 aliphatic heterocycles. The summed E-state index contributed by atoms with van der Waals surface area (Å²) in [6, 6.07) is 10.5. The molecular weight excluding hydrogens is 436 g/mol. The molecule has 1 saturated heterocycles. The van der Waals surface area contributed by atoms with E-state index in [1.54, 1.807) is 28.6 Å². The molecule has 2 heterocycles. The summed E-state index contributed by atoms with van der Waals surface area (Å²) in [7, 11) is -3.43. The summed E-state index contributed by atoms with van der Waals surface area (Å²) < 4.78 is 28.4. The first kappa shape index (κ1) is 19.5. The minimum Gasteiger partial charge on any atom is -0.347 e. The standard InChI is InChI=1S/C18H21BrN2O3S2/c19-15-7-5-14(6-8-15)18(22)20-13-16-9-10-17(25-16)26(23,24)21-11-3-1-2-4-12-21/h5-10H,1-4,11-13H2,(H,20,22). The molecule has 26 heavy (non-hydrogen) atoms. The molecule has 0 radical (unpaired) electrons. The molecule has 3 rings (SSSR count). The van der Waals surface area contributed by atoms with E-state index >= 15 is 0 Å². The molecule has 0 spiro atoms. The van der Waals surface area contributed by atoms with E-state index in [2.05, 4.69) is 21.2 Å². The van der Waals surface area contributed by atoms with Gasteiger partial charge in [0.25, 0.3) is 15.9 Å². The molecule has 5 nitrogen and oxygen atoms in total. The zero-order chi connectivity index (χ0) is 18.6. The maximum Gasteiger partial charge on any atom is 0.252 e. The van der Waals surface area contributed by atoms with Crippen molar-refractivity contribution in [1.29, 1.82) is 0 Å². The Morgan fingerprint density at radius 1 is 1.04 bits per heavy atom. The lowest BCUT2D eigenvalue weighted by molar-refractivity contribution is 0.0951. The summed E-state index contributed by atoms with van der Waals surface area (Å²) >= 11 is 4.57. The Morgan fingerprint density at radius 3 is 2.35 bits per heavy atom. The van der Waals surface area contributed by atoms with Crippen molar-refractivity contribution in [2.75, 3.05) is 13.1 Å². The third-order valence-electron chi connectivity index (χ3n) is 4.33. The summed E-state index contributed by atoms with van der Waals surface area (Å²) in [6.45, 7) is 1.50. The SMILES string of the molecule is O=C(NCc1ccc(S(=O)(=O)N2CCCCCC2)s1)c1ccc(Br)cc1. The van der Waals surface area contributed by atoms with Crippen molar-refractivity contribution in [2.45, 2.75) is 36.4 Å². The van der Waals surface area contributed by atoms with Crippen LogP contribution in [0.4, 0.5) is 0 Å². The predicted octanol–water partition coefficient (Wildman–Crippen LogP) is 4.01. The monoisotopic (exact) mass is 456 g/mol. The number of sulfonamides is 1. The van der Waals surface area contributed by atoms with E-state index < -0.39 is 10.0 Å². The zero-order valence-corrected chi connectivity index (χ0v) is 17.5. The van der Waals surface area contributed by atoms with E-state index in [9.17, 15) is 13.2 Å². The van der Waals surface area contributed by atoms with Gasteiger partial charge in [0, 0.05) is 28.0 Å². The second-order valence-corrected chi connectivity index (χ2v) is 10.5. The third-order valence-corrected chi connectivity index (χ3v) is 8.31. The highest BCUT2D eigenvalue weighted by Crippen LogP contribution is 2.26. The minimum absolute atomic E-state index is 0.178. The molecule has 2 aromatic rings. The zero-order valence-electron chi connectivity index (χ0n) is 14.3. The molecule has 8 heteroatoms. The number of hydrogen-bond donors (Lipinski definition) is 1. The molecule has 0 bridgehead atoms. The van der Waals surface area contributed by atoms with Crippen LogP contribution in [0.3, 0.4) is 0 Å². The molecule has 1 fully saturated rings. The maximum atomic E-state index is 12.8. The first-order chi connectivity index (χ1) is 12.5. The van der Waals surface area contributed by atoms with Crippen LogP contribution >= 0.6 is 27.3 Å². The Kier molecular flexibility index (Phi) is 6.50. The summed E-state index contributed by atoms with van der Waals surface area (Å²) in [4.78, 5) is 13.0. The Balaban J connectivity index is 1.63. The van der Waals surface area contributed by atoms with E-state index in [0.717, 1.165) is 35.0 Å². The van der Waals surface area contributed by atoms with Gasteiger partial charge in [0.2, 0.25) is 0 Å². The number of nitrogens with one attached hydrogen (secondary N) is 1. The fourth-order valence-corrected chi connectivity index (χ4v) is 6.10. The highest BCUT2D eigenvalue weighted by molar-refractivity contribution is 9.10. The van der Waals surface area contributed by atoms with Crippen LogP contribution in [-0.4, -0.2) is 31.7 Å². The molecule has 1 aliphatic rings. The predicted molar refractivity (Wildman–Crippen MR) is 107 cm³/mol. The number of amides is 1. The molecule has 0 saturated carbocycles. The Labute approximate surface area is 166 Å². The minimum atomic E-state index is -3.43. The molecule has 1 aromatic carbocycles. The maximum absolute atomic E-state index is 12.8. The van der Waals surface area contributed by atoms with Crippen LogP contribution in [0.5, 0.6) is 0 Å². The molecule has 1 N–H and O–H groups in total. The first-order valence-corrected chi connectivity index (χ1v) is 11.6. The van der Waals surface area contributed by atoms with Gasteiger partial charge in [-0.05, 0) is 49.2 Å². The van der Waals surface area contributed by atoms with Gasteiger partial charge in [0.15, 0.2) is 0 Å². The lowest BCUT2D eigenvalue weighted by Gasteiger charge is -2.18. The van der Waals surface area contributed by atoms with E-state index in [4.69, 9.17) is 0 Å². The van der Waals surface area contributed by atoms with Gasteiger partial charge in [-0.1, -0.05) is 28.8 Å². The fourth-order valence-electron chi connectivity index (χ4n) is 2.87. The van der Waals surface area contributed by atoms with E-state index in [0.29, 0.717) is 29.4 Å². The van der Waals surface area contributed by atoms with Gasteiger partial charge >= 0.3 is 0 Å². The van der Waals surface area contributed by atoms with E-state index in [1.165, 1.54) is 11.3 Å². The summed E-state index contributed by atoms with van der Waals surface area (Å²) in [5.74, 6) is -0.178. The third kappa shape index (κ3) is 4.73. The Morgan fingerprint density at radius 2 is 1.69 bits per heavy atom. The van der Waals surface area contributed by atoms with Gasteiger partial charge in [-0.15, -0.1) is 11.3 Å². The van der Waals surface area contributed by atoms with Crippen LogP contribution in [0, 0.1) is 0 Å². The number of carbonyl (C=O) groups excluding carboxylic acids is 1. The van der Waals surface area contributed by atoms with Gasteiger partial charge in [-0.2, -0.15) is 4.31 Å². The highest BCUT2D eigenvalue weighted by atomic mass is 79.9. The molecule has 140 valence electrons. The number of nitrogens with zero attached hydrogens (tertiary/aromatic N) is 1. The van der Waals surface area contributed by atoms with E-state index in [1.807, 2.05) is 12.1 Å². The number of hydrogen-bond acceptors (Lipinski definition) is 4. The van der Waals surface area contributed by atoms with Crippen molar-refractivity contribution < 1.29 is 13.2 Å². The molecule has 0 atom stereocenters. The second kappa shape index (κ2) is 8.65. The number of thiophene rings is 1. The fraction of sp³-hybridized carbons (Fsp3) is 0.389. The topological polar surface area (TPSA) is 66.5 Å². The second-order valence-electron chi connectivity index (χ2n) is 6.23. The van der Waals surface area contributed by atoms with Crippen molar-refractivity contribution in [1.82, 2.24) is 9.62 Å². The average Bonchev–Trinajstić information content (AvgIpc) is 2.94. The van der Waals surface area contributed by atoms with Gasteiger partial charge in [0.05, 0.1) is 6.54 Å². The molecule has 0 aliphatic carbocycles. The largest absolute Gasteiger partial charge is 0.347 e. The number of halogens is 1. The van der Waals surface area contributed by atoms with Crippen LogP contribution in [0.15, 0.2) is 45.1 Å². The van der Waals surface area contributed by atoms with Gasteiger partial charge in [-0.25, -0.2) is 8.42 Å². The molecule has 1 amide bonds. The van der Waals surface area contributed by atoms with Gasteiger partial charge in [0.1, 0.15) is 4.21 Å². The number of rotatable bonds is 5. The smallest absolute Gasteiger partial charge is 0.252 e. The van der Waals surface area contributed by atoms with Crippen molar-refractivity contribution >= 4 is 43.2 Å². The van der Waals surface area contributed by atoms with Crippen LogP contribution in [0.25, 0.3) is 0 Å². The summed E-state index contributed by atoms with van der Waals surface area (Å²) in [6.07, 6.45) is 4.01. The highest BCUT2D eigenvalue weighted by Gasteiger charge is 2.26. The van der Waals surface area contributed by atoms with Crippen molar-refractivity contribution in [3.05, 3.63) is 51.3 Å². The van der Waals surface area contributed by atoms with E-state index in [-0.39, 0.29) is 5.91 Å². The van der Waals surface area contributed by atoms with Crippen LogP contribution in [0.2, 0.25) is 0 Å². The summed E-state index contributed by atoms with van der Waals surface area (Å²) in [5.41, 5.74) is 0.571. The lowest BCUT2D eigenvalue weighted by Crippen LogP contribution is -2.31. The molecular formula is C18H21BrN2O3S2. The number of carbonyl (C=O) groups is 1. The normalized spacial score (nSPS) is 16.2. The van der Waals surface area contributed by atoms with Crippen molar-refractivity contribution in [2.24, 2.45) is 0 Å². The van der Waals surface area contributed by atoms with Gasteiger partial charge < -0.3 is 5.32 Å².